The maximum atomic E-state index is 5.83. The number of nitrogens with one attached hydrogen (secondary N) is 1. The van der Waals surface area contributed by atoms with Gasteiger partial charge in [0.05, 0.1) is 12.7 Å². The van der Waals surface area contributed by atoms with Crippen LogP contribution in [0.1, 0.15) is 37.3 Å². The first kappa shape index (κ1) is 11.6. The fraction of sp³-hybridized carbons (Fsp3) is 0.571. The number of hydrogen-bond donors (Lipinski definition) is 1. The predicted octanol–water partition coefficient (Wildman–Crippen LogP) is 2.69. The van der Waals surface area contributed by atoms with Crippen LogP contribution in [-0.4, -0.2) is 19.2 Å². The van der Waals surface area contributed by atoms with E-state index in [0.717, 1.165) is 26.1 Å². The molecule has 0 aliphatic carbocycles. The van der Waals surface area contributed by atoms with Crippen LogP contribution in [0.3, 0.4) is 0 Å². The highest BCUT2D eigenvalue weighted by atomic mass is 16.5. The zero-order valence-electron chi connectivity index (χ0n) is 10.2. The van der Waals surface area contributed by atoms with Gasteiger partial charge in [0.1, 0.15) is 0 Å². The van der Waals surface area contributed by atoms with Crippen molar-refractivity contribution in [2.45, 2.75) is 38.9 Å². The van der Waals surface area contributed by atoms with Crippen LogP contribution in [-0.2, 0) is 11.3 Å². The summed E-state index contributed by atoms with van der Waals surface area (Å²) < 4.78 is 5.83. The molecule has 16 heavy (non-hydrogen) atoms. The van der Waals surface area contributed by atoms with Gasteiger partial charge in [-0.2, -0.15) is 0 Å². The summed E-state index contributed by atoms with van der Waals surface area (Å²) in [6.45, 7) is 7.27. The van der Waals surface area contributed by atoms with Crippen molar-refractivity contribution in [2.75, 3.05) is 13.1 Å². The Hall–Kier alpha value is -0.860. The van der Waals surface area contributed by atoms with Gasteiger partial charge in [0.25, 0.3) is 0 Å². The van der Waals surface area contributed by atoms with Crippen LogP contribution in [0.2, 0.25) is 0 Å². The molecule has 1 aromatic rings. The van der Waals surface area contributed by atoms with E-state index < -0.39 is 0 Å². The smallest absolute Gasteiger partial charge is 0.0721 e. The van der Waals surface area contributed by atoms with Crippen LogP contribution in [0.5, 0.6) is 0 Å². The average molecular weight is 219 g/mol. The molecule has 0 amide bonds. The molecule has 1 fully saturated rings. The Balaban J connectivity index is 1.84. The third-order valence-corrected chi connectivity index (χ3v) is 3.15. The largest absolute Gasteiger partial charge is 0.372 e. The first-order chi connectivity index (χ1) is 7.75. The minimum absolute atomic E-state index is 0.407. The molecule has 0 radical (unpaired) electrons. The summed E-state index contributed by atoms with van der Waals surface area (Å²) in [6.07, 6.45) is 1.55. The molecule has 2 heteroatoms. The first-order valence-electron chi connectivity index (χ1n) is 6.17. The molecule has 1 N–H and O–H groups in total. The van der Waals surface area contributed by atoms with Crippen molar-refractivity contribution in [3.05, 3.63) is 35.4 Å². The molecular formula is C14H21NO. The lowest BCUT2D eigenvalue weighted by Crippen LogP contribution is -2.16. The molecule has 1 saturated heterocycles. The molecule has 1 heterocycles. The van der Waals surface area contributed by atoms with E-state index in [1.165, 1.54) is 11.1 Å². The minimum Gasteiger partial charge on any atom is -0.372 e. The Morgan fingerprint density at radius 3 is 2.62 bits per heavy atom. The van der Waals surface area contributed by atoms with E-state index in [1.54, 1.807) is 0 Å². The summed E-state index contributed by atoms with van der Waals surface area (Å²) in [4.78, 5) is 0. The molecule has 0 aromatic heterocycles. The zero-order chi connectivity index (χ0) is 11.4. The van der Waals surface area contributed by atoms with Gasteiger partial charge in [-0.3, -0.25) is 0 Å². The molecule has 1 aliphatic rings. The van der Waals surface area contributed by atoms with Gasteiger partial charge in [0.15, 0.2) is 0 Å². The van der Waals surface area contributed by atoms with Crippen LogP contribution in [0.15, 0.2) is 24.3 Å². The zero-order valence-corrected chi connectivity index (χ0v) is 10.2. The molecule has 1 atom stereocenters. The van der Waals surface area contributed by atoms with E-state index in [-0.39, 0.29) is 0 Å². The molecule has 1 aromatic carbocycles. The van der Waals surface area contributed by atoms with Crippen molar-refractivity contribution in [2.24, 2.45) is 0 Å². The van der Waals surface area contributed by atoms with Crippen LogP contribution < -0.4 is 5.32 Å². The van der Waals surface area contributed by atoms with Crippen molar-refractivity contribution < 1.29 is 4.74 Å². The number of ether oxygens (including phenoxy) is 1. The second-order valence-corrected chi connectivity index (χ2v) is 4.82. The van der Waals surface area contributed by atoms with Crippen molar-refractivity contribution in [1.29, 1.82) is 0 Å². The average Bonchev–Trinajstić information content (AvgIpc) is 2.80. The van der Waals surface area contributed by atoms with Gasteiger partial charge < -0.3 is 10.1 Å². The summed E-state index contributed by atoms with van der Waals surface area (Å²) in [5, 5.41) is 3.31. The predicted molar refractivity (Wildman–Crippen MR) is 66.6 cm³/mol. The molecule has 1 aliphatic heterocycles. The van der Waals surface area contributed by atoms with Crippen molar-refractivity contribution in [3.63, 3.8) is 0 Å². The molecule has 2 nitrogen and oxygen atoms in total. The van der Waals surface area contributed by atoms with E-state index in [0.29, 0.717) is 12.0 Å². The summed E-state index contributed by atoms with van der Waals surface area (Å²) >= 11 is 0. The highest BCUT2D eigenvalue weighted by Gasteiger charge is 2.14. The first-order valence-corrected chi connectivity index (χ1v) is 6.17. The molecule has 0 unspecified atom stereocenters. The van der Waals surface area contributed by atoms with Gasteiger partial charge in [-0.15, -0.1) is 0 Å². The van der Waals surface area contributed by atoms with Gasteiger partial charge in [-0.05, 0) is 30.0 Å². The van der Waals surface area contributed by atoms with E-state index in [4.69, 9.17) is 4.74 Å². The maximum absolute atomic E-state index is 5.83. The lowest BCUT2D eigenvalue weighted by atomic mass is 10.0. The molecule has 2 rings (SSSR count). The number of benzene rings is 1. The fourth-order valence-electron chi connectivity index (χ4n) is 1.98. The number of hydrogen-bond acceptors (Lipinski definition) is 2. The molecule has 88 valence electrons. The van der Waals surface area contributed by atoms with Crippen LogP contribution in [0.4, 0.5) is 0 Å². The highest BCUT2D eigenvalue weighted by molar-refractivity contribution is 5.24. The highest BCUT2D eigenvalue weighted by Crippen LogP contribution is 2.16. The SMILES string of the molecule is CC(C)c1ccc(CO[C@H]2CCNC2)cc1. The Morgan fingerprint density at radius 1 is 1.31 bits per heavy atom. The third-order valence-electron chi connectivity index (χ3n) is 3.15. The normalized spacial score (nSPS) is 20.6. The Bertz CT molecular complexity index is 312. The van der Waals surface area contributed by atoms with Gasteiger partial charge in [-0.25, -0.2) is 0 Å². The summed E-state index contributed by atoms with van der Waals surface area (Å²) in [5.41, 5.74) is 2.67. The quantitative estimate of drug-likeness (QED) is 0.840. The van der Waals surface area contributed by atoms with Crippen molar-refractivity contribution in [1.82, 2.24) is 5.32 Å². The van der Waals surface area contributed by atoms with E-state index in [1.807, 2.05) is 0 Å². The van der Waals surface area contributed by atoms with Gasteiger partial charge in [0.2, 0.25) is 0 Å². The molecule has 0 spiro atoms. The van der Waals surface area contributed by atoms with Gasteiger partial charge in [-0.1, -0.05) is 38.1 Å². The lowest BCUT2D eigenvalue weighted by Gasteiger charge is -2.11. The van der Waals surface area contributed by atoms with Crippen molar-refractivity contribution >= 4 is 0 Å². The summed E-state index contributed by atoms with van der Waals surface area (Å²) in [7, 11) is 0. The lowest BCUT2D eigenvalue weighted by molar-refractivity contribution is 0.0542. The summed E-state index contributed by atoms with van der Waals surface area (Å²) in [5.74, 6) is 0.606. The number of rotatable bonds is 4. The molecular weight excluding hydrogens is 198 g/mol. The summed E-state index contributed by atoms with van der Waals surface area (Å²) in [6, 6.07) is 8.77. The van der Waals surface area contributed by atoms with Crippen molar-refractivity contribution in [3.8, 4) is 0 Å². The van der Waals surface area contributed by atoms with Gasteiger partial charge >= 0.3 is 0 Å². The minimum atomic E-state index is 0.407. The Morgan fingerprint density at radius 2 is 2.06 bits per heavy atom. The maximum Gasteiger partial charge on any atom is 0.0721 e. The molecule has 0 saturated carbocycles. The second kappa shape index (κ2) is 5.46. The van der Waals surface area contributed by atoms with Crippen LogP contribution >= 0.6 is 0 Å². The van der Waals surface area contributed by atoms with E-state index >= 15 is 0 Å². The topological polar surface area (TPSA) is 21.3 Å². The van der Waals surface area contributed by atoms with E-state index in [2.05, 4.69) is 43.4 Å². The van der Waals surface area contributed by atoms with Crippen LogP contribution in [0.25, 0.3) is 0 Å². The standard InChI is InChI=1S/C14H21NO/c1-11(2)13-5-3-12(4-6-13)10-16-14-7-8-15-9-14/h3-6,11,14-15H,7-10H2,1-2H3/t14-/m0/s1. The van der Waals surface area contributed by atoms with Crippen LogP contribution in [0, 0.1) is 0 Å². The van der Waals surface area contributed by atoms with Gasteiger partial charge in [0, 0.05) is 6.54 Å². The Kier molecular flexibility index (Phi) is 3.97. The fourth-order valence-corrected chi connectivity index (χ4v) is 1.98. The Labute approximate surface area is 98.0 Å². The van der Waals surface area contributed by atoms with E-state index in [9.17, 15) is 0 Å². The third kappa shape index (κ3) is 3.06. The monoisotopic (exact) mass is 219 g/mol. The second-order valence-electron chi connectivity index (χ2n) is 4.82. The molecule has 0 bridgehead atoms.